The Kier molecular flexibility index (Phi) is 9.86. The van der Waals surface area contributed by atoms with Gasteiger partial charge in [-0.3, -0.25) is 4.90 Å². The molecule has 9 heteroatoms. The predicted octanol–water partition coefficient (Wildman–Crippen LogP) is 2.80. The summed E-state index contributed by atoms with van der Waals surface area (Å²) in [7, 11) is 0. The first-order chi connectivity index (χ1) is 15.2. The summed E-state index contributed by atoms with van der Waals surface area (Å²) < 4.78 is 5.50. The van der Waals surface area contributed by atoms with Gasteiger partial charge in [0.25, 0.3) is 0 Å². The lowest BCUT2D eigenvalue weighted by Crippen LogP contribution is -2.46. The molecule has 1 aromatic carbocycles. The monoisotopic (exact) mass is 556 g/mol. The number of amides is 2. The van der Waals surface area contributed by atoms with E-state index in [1.807, 2.05) is 23.1 Å². The average molecular weight is 556 g/mol. The zero-order valence-corrected chi connectivity index (χ0v) is 21.4. The molecule has 1 aromatic rings. The molecule has 2 N–H and O–H groups in total. The van der Waals surface area contributed by atoms with Crippen LogP contribution < -0.4 is 10.6 Å². The standard InChI is InChI=1S/C23H36N6O2.HI/c1-2-24-22(29-11-8-21(18-29)27-12-14-31-15-13-27)25-17-19-6-5-7-20(16-19)26-23(30)28-9-3-4-10-28;/h5-7,16,21H,2-4,8-15,17-18H2,1H3,(H,24,25)(H,26,30);1H. The summed E-state index contributed by atoms with van der Waals surface area (Å²) in [6.07, 6.45) is 3.36. The summed E-state index contributed by atoms with van der Waals surface area (Å²) in [4.78, 5) is 24.1. The molecule has 1 unspecified atom stereocenters. The van der Waals surface area contributed by atoms with E-state index < -0.39 is 0 Å². The van der Waals surface area contributed by atoms with Crippen LogP contribution in [0.2, 0.25) is 0 Å². The zero-order chi connectivity index (χ0) is 21.5. The van der Waals surface area contributed by atoms with Crippen molar-refractivity contribution in [2.24, 2.45) is 4.99 Å². The highest BCUT2D eigenvalue weighted by Gasteiger charge is 2.30. The molecule has 0 aliphatic carbocycles. The number of ether oxygens (including phenoxy) is 1. The van der Waals surface area contributed by atoms with E-state index in [9.17, 15) is 4.79 Å². The molecule has 3 aliphatic heterocycles. The van der Waals surface area contributed by atoms with E-state index >= 15 is 0 Å². The molecule has 3 fully saturated rings. The molecule has 3 heterocycles. The molecular formula is C23H37IN6O2. The van der Waals surface area contributed by atoms with Crippen LogP contribution in [0.3, 0.4) is 0 Å². The van der Waals surface area contributed by atoms with Gasteiger partial charge in [-0.1, -0.05) is 12.1 Å². The van der Waals surface area contributed by atoms with Crippen LogP contribution in [0, 0.1) is 0 Å². The zero-order valence-electron chi connectivity index (χ0n) is 19.1. The minimum atomic E-state index is -0.00212. The number of benzene rings is 1. The number of carbonyl (C=O) groups is 1. The van der Waals surface area contributed by atoms with Crippen molar-refractivity contribution in [3.8, 4) is 0 Å². The minimum absolute atomic E-state index is 0. The second-order valence-electron chi connectivity index (χ2n) is 8.53. The molecule has 0 saturated carbocycles. The number of halogens is 1. The Morgan fingerprint density at radius 2 is 1.91 bits per heavy atom. The van der Waals surface area contributed by atoms with Gasteiger partial charge in [-0.2, -0.15) is 0 Å². The Morgan fingerprint density at radius 1 is 1.12 bits per heavy atom. The quantitative estimate of drug-likeness (QED) is 0.332. The lowest BCUT2D eigenvalue weighted by Gasteiger charge is -2.32. The number of urea groups is 1. The van der Waals surface area contributed by atoms with Gasteiger partial charge >= 0.3 is 6.03 Å². The molecule has 3 saturated heterocycles. The maximum absolute atomic E-state index is 12.4. The Balaban J connectivity index is 0.00000289. The molecule has 178 valence electrons. The van der Waals surface area contributed by atoms with E-state index in [2.05, 4.69) is 33.4 Å². The van der Waals surface area contributed by atoms with Gasteiger partial charge in [0.1, 0.15) is 0 Å². The average Bonchev–Trinajstić information content (AvgIpc) is 3.50. The van der Waals surface area contributed by atoms with E-state index in [-0.39, 0.29) is 30.0 Å². The van der Waals surface area contributed by atoms with E-state index in [4.69, 9.17) is 9.73 Å². The normalized spacial score (nSPS) is 22.0. The Morgan fingerprint density at radius 3 is 2.66 bits per heavy atom. The Hall–Kier alpha value is -1.59. The molecule has 0 spiro atoms. The van der Waals surface area contributed by atoms with Crippen molar-refractivity contribution >= 4 is 41.7 Å². The van der Waals surface area contributed by atoms with Crippen molar-refractivity contribution in [1.82, 2.24) is 20.0 Å². The number of nitrogens with zero attached hydrogens (tertiary/aromatic N) is 4. The van der Waals surface area contributed by atoms with Crippen LogP contribution >= 0.6 is 24.0 Å². The highest BCUT2D eigenvalue weighted by molar-refractivity contribution is 14.0. The highest BCUT2D eigenvalue weighted by Crippen LogP contribution is 2.18. The molecule has 0 radical (unpaired) electrons. The number of carbonyl (C=O) groups excluding carboxylic acids is 1. The second-order valence-corrected chi connectivity index (χ2v) is 8.53. The van der Waals surface area contributed by atoms with Crippen LogP contribution in [0.5, 0.6) is 0 Å². The fraction of sp³-hybridized carbons (Fsp3) is 0.652. The summed E-state index contributed by atoms with van der Waals surface area (Å²) in [5.41, 5.74) is 1.93. The molecule has 4 rings (SSSR count). The molecule has 0 aromatic heterocycles. The maximum Gasteiger partial charge on any atom is 0.321 e. The summed E-state index contributed by atoms with van der Waals surface area (Å²) in [5, 5.41) is 6.49. The third-order valence-corrected chi connectivity index (χ3v) is 6.34. The summed E-state index contributed by atoms with van der Waals surface area (Å²) in [6.45, 7) is 11.0. The molecule has 8 nitrogen and oxygen atoms in total. The molecule has 3 aliphatic rings. The molecular weight excluding hydrogens is 519 g/mol. The first-order valence-electron chi connectivity index (χ1n) is 11.7. The third kappa shape index (κ3) is 6.71. The van der Waals surface area contributed by atoms with Crippen LogP contribution in [-0.2, 0) is 11.3 Å². The first-order valence-corrected chi connectivity index (χ1v) is 11.7. The smallest absolute Gasteiger partial charge is 0.321 e. The fourth-order valence-corrected chi connectivity index (χ4v) is 4.64. The highest BCUT2D eigenvalue weighted by atomic mass is 127. The number of aliphatic imine (C=N–C) groups is 1. The Labute approximate surface area is 208 Å². The van der Waals surface area contributed by atoms with Gasteiger partial charge in [-0.05, 0) is 43.9 Å². The summed E-state index contributed by atoms with van der Waals surface area (Å²) in [5.74, 6) is 0.977. The topological polar surface area (TPSA) is 72.4 Å². The van der Waals surface area contributed by atoms with E-state index in [1.165, 1.54) is 6.42 Å². The molecule has 1 atom stereocenters. The van der Waals surface area contributed by atoms with Crippen LogP contribution in [0.15, 0.2) is 29.3 Å². The lowest BCUT2D eigenvalue weighted by molar-refractivity contribution is 0.0195. The first kappa shape index (κ1) is 25.0. The number of hydrogen-bond acceptors (Lipinski definition) is 4. The van der Waals surface area contributed by atoms with Gasteiger partial charge in [0, 0.05) is 57.5 Å². The SMILES string of the molecule is CCNC(=NCc1cccc(NC(=O)N2CCCC2)c1)N1CCC(N2CCOCC2)C1.I. The van der Waals surface area contributed by atoms with Crippen molar-refractivity contribution in [2.75, 3.05) is 64.3 Å². The third-order valence-electron chi connectivity index (χ3n) is 6.34. The predicted molar refractivity (Wildman–Crippen MR) is 139 cm³/mol. The number of rotatable bonds is 5. The van der Waals surface area contributed by atoms with Crippen LogP contribution in [0.25, 0.3) is 0 Å². The van der Waals surface area contributed by atoms with Gasteiger partial charge in [-0.25, -0.2) is 9.79 Å². The Bertz CT molecular complexity index is 765. The summed E-state index contributed by atoms with van der Waals surface area (Å²) >= 11 is 0. The molecule has 0 bridgehead atoms. The van der Waals surface area contributed by atoms with Crippen molar-refractivity contribution in [3.63, 3.8) is 0 Å². The van der Waals surface area contributed by atoms with Crippen molar-refractivity contribution in [1.29, 1.82) is 0 Å². The van der Waals surface area contributed by atoms with Gasteiger partial charge in [-0.15, -0.1) is 24.0 Å². The van der Waals surface area contributed by atoms with Gasteiger partial charge < -0.3 is 25.2 Å². The number of hydrogen-bond donors (Lipinski definition) is 2. The molecule has 2 amide bonds. The number of guanidine groups is 1. The minimum Gasteiger partial charge on any atom is -0.379 e. The van der Waals surface area contributed by atoms with E-state index in [0.717, 1.165) is 89.1 Å². The van der Waals surface area contributed by atoms with Crippen LogP contribution in [0.4, 0.5) is 10.5 Å². The van der Waals surface area contributed by atoms with Crippen molar-refractivity contribution < 1.29 is 9.53 Å². The largest absolute Gasteiger partial charge is 0.379 e. The summed E-state index contributed by atoms with van der Waals surface area (Å²) in [6, 6.07) is 8.61. The number of morpholine rings is 1. The maximum atomic E-state index is 12.4. The van der Waals surface area contributed by atoms with E-state index in [0.29, 0.717) is 12.6 Å². The number of nitrogens with one attached hydrogen (secondary N) is 2. The second kappa shape index (κ2) is 12.6. The fourth-order valence-electron chi connectivity index (χ4n) is 4.64. The molecule has 32 heavy (non-hydrogen) atoms. The van der Waals surface area contributed by atoms with Crippen molar-refractivity contribution in [2.45, 2.75) is 38.8 Å². The van der Waals surface area contributed by atoms with Crippen LogP contribution in [-0.4, -0.2) is 91.8 Å². The van der Waals surface area contributed by atoms with Gasteiger partial charge in [0.2, 0.25) is 0 Å². The number of anilines is 1. The lowest BCUT2D eigenvalue weighted by atomic mass is 10.2. The van der Waals surface area contributed by atoms with E-state index in [1.54, 1.807) is 0 Å². The van der Waals surface area contributed by atoms with Gasteiger partial charge in [0.15, 0.2) is 5.96 Å². The van der Waals surface area contributed by atoms with Gasteiger partial charge in [0.05, 0.1) is 19.8 Å². The van der Waals surface area contributed by atoms with Crippen LogP contribution in [0.1, 0.15) is 31.7 Å². The van der Waals surface area contributed by atoms with Crippen molar-refractivity contribution in [3.05, 3.63) is 29.8 Å². The number of likely N-dealkylation sites (tertiary alicyclic amines) is 2.